The third-order valence-corrected chi connectivity index (χ3v) is 12.6. The second-order valence-electron chi connectivity index (χ2n) is 15.5. The molecule has 1 aromatic heterocycles. The van der Waals surface area contributed by atoms with Crippen molar-refractivity contribution in [1.82, 2.24) is 0 Å². The Labute approximate surface area is 337 Å². The Morgan fingerprint density at radius 2 is 0.879 bits per heavy atom. The van der Waals surface area contributed by atoms with E-state index in [4.69, 9.17) is 4.42 Å². The lowest BCUT2D eigenvalue weighted by molar-refractivity contribution is 0.668. The van der Waals surface area contributed by atoms with Crippen LogP contribution in [0.3, 0.4) is 0 Å². The first-order valence-electron chi connectivity index (χ1n) is 20.1. The molecule has 0 unspecified atom stereocenters. The molecule has 2 aliphatic rings. The van der Waals surface area contributed by atoms with Gasteiger partial charge in [0.15, 0.2) is 0 Å². The van der Waals surface area contributed by atoms with Crippen molar-refractivity contribution in [2.24, 2.45) is 0 Å². The molecule has 58 heavy (non-hydrogen) atoms. The van der Waals surface area contributed by atoms with Gasteiger partial charge in [0.05, 0.1) is 5.41 Å². The molecule has 10 aromatic rings. The first-order chi connectivity index (χ1) is 28.8. The molecule has 0 radical (unpaired) electrons. The minimum Gasteiger partial charge on any atom is -0.455 e. The summed E-state index contributed by atoms with van der Waals surface area (Å²) < 4.78 is 6.46. The Bertz CT molecular complexity index is 3220. The Kier molecular flexibility index (Phi) is 7.21. The lowest BCUT2D eigenvalue weighted by atomic mass is 9.70. The standard InChI is InChI=1S/C57H36O/c1-2-16-37(17-3-1)49(36-40-18-14-26-47-45-23-9-13-31-54(45)58-56(40)47)39-34-32-38(33-35-39)41-19-4-5-20-42(41)46-25-15-30-53-55(46)48-24-8-12-29-52(48)57(53)50-27-10-6-21-43(50)44-22-7-11-28-51(44)57/h1-36H/b49-36+. The molecule has 0 aliphatic heterocycles. The van der Waals surface area contributed by atoms with Crippen molar-refractivity contribution in [2.45, 2.75) is 5.41 Å². The molecule has 1 heterocycles. The first-order valence-corrected chi connectivity index (χ1v) is 20.1. The Balaban J connectivity index is 1.01. The maximum atomic E-state index is 6.46. The molecule has 270 valence electrons. The van der Waals surface area contributed by atoms with Crippen molar-refractivity contribution < 1.29 is 4.42 Å². The van der Waals surface area contributed by atoms with Crippen molar-refractivity contribution in [1.29, 1.82) is 0 Å². The number of rotatable bonds is 5. The van der Waals surface area contributed by atoms with Crippen LogP contribution in [0.5, 0.6) is 0 Å². The zero-order valence-corrected chi connectivity index (χ0v) is 31.7. The van der Waals surface area contributed by atoms with Gasteiger partial charge in [-0.2, -0.15) is 0 Å². The van der Waals surface area contributed by atoms with E-state index in [2.05, 4.69) is 206 Å². The molecule has 1 heteroatoms. The summed E-state index contributed by atoms with van der Waals surface area (Å²) in [6.45, 7) is 0. The highest BCUT2D eigenvalue weighted by Crippen LogP contribution is 2.64. The number of furan rings is 1. The minimum atomic E-state index is -0.376. The molecule has 0 amide bonds. The van der Waals surface area contributed by atoms with Gasteiger partial charge in [-0.1, -0.05) is 206 Å². The van der Waals surface area contributed by atoms with Crippen LogP contribution in [0.1, 0.15) is 38.9 Å². The molecule has 0 fully saturated rings. The maximum absolute atomic E-state index is 6.46. The Morgan fingerprint density at radius 1 is 0.362 bits per heavy atom. The zero-order valence-electron chi connectivity index (χ0n) is 31.7. The predicted octanol–water partition coefficient (Wildman–Crippen LogP) is 14.9. The van der Waals surface area contributed by atoms with Gasteiger partial charge >= 0.3 is 0 Å². The van der Waals surface area contributed by atoms with Crippen molar-refractivity contribution in [3.05, 3.63) is 251 Å². The van der Waals surface area contributed by atoms with E-state index in [1.807, 2.05) is 12.1 Å². The van der Waals surface area contributed by atoms with Crippen LogP contribution in [0, 0.1) is 0 Å². The van der Waals surface area contributed by atoms with Gasteiger partial charge in [0, 0.05) is 16.3 Å². The summed E-state index contributed by atoms with van der Waals surface area (Å²) >= 11 is 0. The molecule has 0 N–H and O–H groups in total. The van der Waals surface area contributed by atoms with Gasteiger partial charge in [-0.3, -0.25) is 0 Å². The molecule has 12 rings (SSSR count). The van der Waals surface area contributed by atoms with Gasteiger partial charge in [0.2, 0.25) is 0 Å². The smallest absolute Gasteiger partial charge is 0.142 e. The predicted molar refractivity (Wildman–Crippen MR) is 241 cm³/mol. The maximum Gasteiger partial charge on any atom is 0.142 e. The second-order valence-corrected chi connectivity index (χ2v) is 15.5. The topological polar surface area (TPSA) is 13.1 Å². The highest BCUT2D eigenvalue weighted by atomic mass is 16.3. The lowest BCUT2D eigenvalue weighted by Gasteiger charge is -2.30. The number of hydrogen-bond donors (Lipinski definition) is 0. The molecule has 2 aliphatic carbocycles. The number of benzene rings is 9. The molecular weight excluding hydrogens is 701 g/mol. The van der Waals surface area contributed by atoms with E-state index in [0.29, 0.717) is 0 Å². The van der Waals surface area contributed by atoms with Crippen molar-refractivity contribution in [3.63, 3.8) is 0 Å². The van der Waals surface area contributed by atoms with Gasteiger partial charge in [-0.25, -0.2) is 0 Å². The third-order valence-electron chi connectivity index (χ3n) is 12.6. The van der Waals surface area contributed by atoms with E-state index in [1.165, 1.54) is 66.8 Å². The number of hydrogen-bond acceptors (Lipinski definition) is 1. The van der Waals surface area contributed by atoms with Gasteiger partial charge in [0.1, 0.15) is 11.2 Å². The van der Waals surface area contributed by atoms with Gasteiger partial charge < -0.3 is 4.42 Å². The monoisotopic (exact) mass is 736 g/mol. The lowest BCUT2D eigenvalue weighted by Crippen LogP contribution is -2.25. The van der Waals surface area contributed by atoms with Crippen LogP contribution in [0.25, 0.3) is 78.1 Å². The molecule has 1 spiro atoms. The van der Waals surface area contributed by atoms with Crippen molar-refractivity contribution >= 4 is 33.6 Å². The first kappa shape index (κ1) is 32.7. The van der Waals surface area contributed by atoms with E-state index < -0.39 is 0 Å². The summed E-state index contributed by atoms with van der Waals surface area (Å²) in [5.41, 5.74) is 21.5. The summed E-state index contributed by atoms with van der Waals surface area (Å²) in [5, 5.41) is 2.27. The molecule has 1 nitrogen and oxygen atoms in total. The quantitative estimate of drug-likeness (QED) is 0.160. The Morgan fingerprint density at radius 3 is 1.62 bits per heavy atom. The summed E-state index contributed by atoms with van der Waals surface area (Å²) in [6.07, 6.45) is 2.28. The molecule has 0 bridgehead atoms. The highest BCUT2D eigenvalue weighted by Gasteiger charge is 2.52. The van der Waals surface area contributed by atoms with Gasteiger partial charge in [-0.15, -0.1) is 0 Å². The summed E-state index contributed by atoms with van der Waals surface area (Å²) in [6, 6.07) is 77.5. The summed E-state index contributed by atoms with van der Waals surface area (Å²) in [7, 11) is 0. The highest BCUT2D eigenvalue weighted by molar-refractivity contribution is 6.09. The minimum absolute atomic E-state index is 0.376. The van der Waals surface area contributed by atoms with Gasteiger partial charge in [-0.05, 0) is 95.6 Å². The fraction of sp³-hybridized carbons (Fsp3) is 0.0175. The van der Waals surface area contributed by atoms with Gasteiger partial charge in [0.25, 0.3) is 0 Å². The van der Waals surface area contributed by atoms with E-state index >= 15 is 0 Å². The SMILES string of the molecule is C(=C(/c1ccccc1)c1ccc(-c2ccccc2-c2cccc3c2-c2ccccc2C32c3ccccc3-c3ccccc32)cc1)/c1cccc2c1oc1ccccc12. The average Bonchev–Trinajstić information content (AvgIpc) is 3.93. The van der Waals surface area contributed by atoms with E-state index in [9.17, 15) is 0 Å². The molecule has 0 saturated carbocycles. The van der Waals surface area contributed by atoms with Crippen molar-refractivity contribution in [2.75, 3.05) is 0 Å². The molecule has 9 aromatic carbocycles. The third kappa shape index (κ3) is 4.65. The van der Waals surface area contributed by atoms with Crippen LogP contribution in [0.2, 0.25) is 0 Å². The Hall–Kier alpha value is -7.48. The van der Waals surface area contributed by atoms with Crippen LogP contribution in [-0.4, -0.2) is 0 Å². The average molecular weight is 737 g/mol. The van der Waals surface area contributed by atoms with Crippen LogP contribution in [-0.2, 0) is 5.41 Å². The molecule has 0 atom stereocenters. The number of fused-ring (bicyclic) bond motifs is 13. The summed E-state index contributed by atoms with van der Waals surface area (Å²) in [4.78, 5) is 0. The van der Waals surface area contributed by atoms with Crippen LogP contribution < -0.4 is 0 Å². The normalized spacial score (nSPS) is 13.4. The van der Waals surface area contributed by atoms with Crippen LogP contribution >= 0.6 is 0 Å². The second kappa shape index (κ2) is 12.8. The van der Waals surface area contributed by atoms with E-state index in [1.54, 1.807) is 0 Å². The fourth-order valence-corrected chi connectivity index (χ4v) is 10.2. The van der Waals surface area contributed by atoms with Crippen LogP contribution in [0.15, 0.2) is 217 Å². The molecule has 0 saturated heterocycles. The van der Waals surface area contributed by atoms with E-state index in [-0.39, 0.29) is 5.41 Å². The molecular formula is C57H36O. The van der Waals surface area contributed by atoms with Crippen LogP contribution in [0.4, 0.5) is 0 Å². The largest absolute Gasteiger partial charge is 0.455 e. The zero-order chi connectivity index (χ0) is 38.2. The number of para-hydroxylation sites is 2. The van der Waals surface area contributed by atoms with Crippen molar-refractivity contribution in [3.8, 4) is 44.5 Å². The summed E-state index contributed by atoms with van der Waals surface area (Å²) in [5.74, 6) is 0. The van der Waals surface area contributed by atoms with E-state index in [0.717, 1.165) is 44.2 Å². The fourth-order valence-electron chi connectivity index (χ4n) is 10.2.